The molecule has 0 bridgehead atoms. The van der Waals surface area contributed by atoms with E-state index in [1.807, 2.05) is 6.92 Å². The number of hydrogen-bond donors (Lipinski definition) is 1. The third-order valence-electron chi connectivity index (χ3n) is 2.73. The van der Waals surface area contributed by atoms with Crippen molar-refractivity contribution in [3.63, 3.8) is 0 Å². The van der Waals surface area contributed by atoms with Gasteiger partial charge in [0.25, 0.3) is 0 Å². The molecular formula is C13H27NO2. The highest BCUT2D eigenvalue weighted by Gasteiger charge is 2.11. The molecule has 0 fully saturated rings. The molecule has 0 rings (SSSR count). The number of carbonyl (C=O) groups excluding carboxylic acids is 1. The summed E-state index contributed by atoms with van der Waals surface area (Å²) in [5.41, 5.74) is 5.54. The van der Waals surface area contributed by atoms with Crippen molar-refractivity contribution in [2.75, 3.05) is 6.61 Å². The Balaban J connectivity index is 3.18. The molecule has 0 aliphatic carbocycles. The molecule has 0 aliphatic heterocycles. The monoisotopic (exact) mass is 229 g/mol. The Morgan fingerprint density at radius 2 is 1.62 bits per heavy atom. The van der Waals surface area contributed by atoms with Gasteiger partial charge in [-0.15, -0.1) is 0 Å². The molecule has 3 nitrogen and oxygen atoms in total. The van der Waals surface area contributed by atoms with Crippen LogP contribution < -0.4 is 5.73 Å². The molecule has 2 N–H and O–H groups in total. The summed E-state index contributed by atoms with van der Waals surface area (Å²) in [5, 5.41) is 0. The molecular weight excluding hydrogens is 202 g/mol. The summed E-state index contributed by atoms with van der Waals surface area (Å²) < 4.78 is 5.06. The van der Waals surface area contributed by atoms with E-state index in [0.29, 0.717) is 13.0 Å². The lowest BCUT2D eigenvalue weighted by Gasteiger charge is -2.08. The highest BCUT2D eigenvalue weighted by Crippen LogP contribution is 2.07. The van der Waals surface area contributed by atoms with Crippen LogP contribution in [0.25, 0.3) is 0 Å². The topological polar surface area (TPSA) is 52.3 Å². The first-order valence-corrected chi connectivity index (χ1v) is 6.64. The molecule has 16 heavy (non-hydrogen) atoms. The van der Waals surface area contributed by atoms with E-state index in [1.54, 1.807) is 0 Å². The van der Waals surface area contributed by atoms with Gasteiger partial charge < -0.3 is 10.5 Å². The van der Waals surface area contributed by atoms with Gasteiger partial charge in [-0.1, -0.05) is 52.4 Å². The fourth-order valence-electron chi connectivity index (χ4n) is 1.51. The number of carbonyl (C=O) groups is 1. The van der Waals surface area contributed by atoms with Crippen molar-refractivity contribution in [1.29, 1.82) is 0 Å². The van der Waals surface area contributed by atoms with Crippen molar-refractivity contribution in [2.45, 2.75) is 71.3 Å². The number of hydrogen-bond acceptors (Lipinski definition) is 3. The van der Waals surface area contributed by atoms with Gasteiger partial charge in [0.05, 0.1) is 6.61 Å². The molecule has 0 radical (unpaired) electrons. The summed E-state index contributed by atoms with van der Waals surface area (Å²) in [6, 6.07) is -0.440. The lowest BCUT2D eigenvalue weighted by Crippen LogP contribution is -2.31. The number of rotatable bonds is 10. The molecule has 0 spiro atoms. The maximum atomic E-state index is 11.2. The smallest absolute Gasteiger partial charge is 0.322 e. The molecule has 0 saturated heterocycles. The van der Waals surface area contributed by atoms with E-state index in [9.17, 15) is 4.79 Å². The van der Waals surface area contributed by atoms with Crippen molar-refractivity contribution >= 4 is 5.97 Å². The van der Waals surface area contributed by atoms with Crippen LogP contribution in [0.15, 0.2) is 0 Å². The Bertz CT molecular complexity index is 171. The molecule has 0 aliphatic rings. The van der Waals surface area contributed by atoms with Crippen molar-refractivity contribution in [3.05, 3.63) is 0 Å². The molecule has 0 aromatic carbocycles. The van der Waals surface area contributed by atoms with Gasteiger partial charge >= 0.3 is 5.97 Å². The number of unbranched alkanes of at least 4 members (excludes halogenated alkanes) is 6. The van der Waals surface area contributed by atoms with Crippen LogP contribution in [0.1, 0.15) is 65.2 Å². The first kappa shape index (κ1) is 15.4. The standard InChI is InChI=1S/C13H27NO2/c1-3-5-6-7-8-9-10-11-16-13(15)12(14)4-2/h12H,3-11,14H2,1-2H3. The summed E-state index contributed by atoms with van der Waals surface area (Å²) in [6.07, 6.45) is 9.26. The summed E-state index contributed by atoms with van der Waals surface area (Å²) in [5.74, 6) is -0.256. The maximum absolute atomic E-state index is 11.2. The zero-order chi connectivity index (χ0) is 12.2. The van der Waals surface area contributed by atoms with Crippen molar-refractivity contribution < 1.29 is 9.53 Å². The Hall–Kier alpha value is -0.570. The second-order valence-electron chi connectivity index (χ2n) is 4.30. The summed E-state index contributed by atoms with van der Waals surface area (Å²) in [7, 11) is 0. The molecule has 0 aromatic rings. The van der Waals surface area contributed by atoms with Gasteiger partial charge in [-0.05, 0) is 12.8 Å². The lowest BCUT2D eigenvalue weighted by molar-refractivity contribution is -0.145. The minimum atomic E-state index is -0.440. The fourth-order valence-corrected chi connectivity index (χ4v) is 1.51. The van der Waals surface area contributed by atoms with Crippen LogP contribution in [0, 0.1) is 0 Å². The van der Waals surface area contributed by atoms with Gasteiger partial charge in [-0.2, -0.15) is 0 Å². The van der Waals surface area contributed by atoms with Crippen LogP contribution in [0.5, 0.6) is 0 Å². The molecule has 1 atom stereocenters. The van der Waals surface area contributed by atoms with Crippen molar-refractivity contribution in [3.8, 4) is 0 Å². The molecule has 0 saturated carbocycles. The van der Waals surface area contributed by atoms with Crippen LogP contribution in [0.3, 0.4) is 0 Å². The van der Waals surface area contributed by atoms with Gasteiger partial charge in [-0.25, -0.2) is 0 Å². The largest absolute Gasteiger partial charge is 0.465 e. The highest BCUT2D eigenvalue weighted by molar-refractivity contribution is 5.75. The first-order chi connectivity index (χ1) is 7.72. The average molecular weight is 229 g/mol. The van der Waals surface area contributed by atoms with E-state index in [2.05, 4.69) is 6.92 Å². The quantitative estimate of drug-likeness (QED) is 0.463. The van der Waals surface area contributed by atoms with Crippen molar-refractivity contribution in [2.24, 2.45) is 5.73 Å². The Kier molecular flexibility index (Phi) is 10.5. The Morgan fingerprint density at radius 3 is 2.19 bits per heavy atom. The Labute approximate surface area is 99.7 Å². The minimum absolute atomic E-state index is 0.256. The van der Waals surface area contributed by atoms with Crippen LogP contribution in [0.4, 0.5) is 0 Å². The van der Waals surface area contributed by atoms with Crippen LogP contribution in [-0.2, 0) is 9.53 Å². The van der Waals surface area contributed by atoms with E-state index >= 15 is 0 Å². The summed E-state index contributed by atoms with van der Waals surface area (Å²) >= 11 is 0. The number of esters is 1. The van der Waals surface area contributed by atoms with E-state index < -0.39 is 6.04 Å². The zero-order valence-electron chi connectivity index (χ0n) is 10.8. The third kappa shape index (κ3) is 8.72. The zero-order valence-corrected chi connectivity index (χ0v) is 10.8. The predicted octanol–water partition coefficient (Wildman–Crippen LogP) is 3.02. The maximum Gasteiger partial charge on any atom is 0.322 e. The minimum Gasteiger partial charge on any atom is -0.465 e. The molecule has 3 heteroatoms. The first-order valence-electron chi connectivity index (χ1n) is 6.64. The average Bonchev–Trinajstić information content (AvgIpc) is 2.31. The van der Waals surface area contributed by atoms with E-state index in [4.69, 9.17) is 10.5 Å². The Morgan fingerprint density at radius 1 is 1.06 bits per heavy atom. The summed E-state index contributed by atoms with van der Waals surface area (Å²) in [6.45, 7) is 4.64. The normalized spacial score (nSPS) is 12.4. The molecule has 0 amide bonds. The second-order valence-corrected chi connectivity index (χ2v) is 4.30. The van der Waals surface area contributed by atoms with Gasteiger partial charge in [-0.3, -0.25) is 4.79 Å². The highest BCUT2D eigenvalue weighted by atomic mass is 16.5. The van der Waals surface area contributed by atoms with Crippen LogP contribution in [0.2, 0.25) is 0 Å². The molecule has 1 unspecified atom stereocenters. The molecule has 0 heterocycles. The SMILES string of the molecule is CCCCCCCCCOC(=O)C(N)CC. The van der Waals surface area contributed by atoms with Gasteiger partial charge in [0.1, 0.15) is 6.04 Å². The van der Waals surface area contributed by atoms with Crippen LogP contribution >= 0.6 is 0 Å². The lowest BCUT2D eigenvalue weighted by atomic mass is 10.1. The summed E-state index contributed by atoms with van der Waals surface area (Å²) in [4.78, 5) is 11.2. The van der Waals surface area contributed by atoms with Crippen LogP contribution in [-0.4, -0.2) is 18.6 Å². The van der Waals surface area contributed by atoms with Crippen molar-refractivity contribution in [1.82, 2.24) is 0 Å². The second kappa shape index (κ2) is 10.9. The fraction of sp³-hybridized carbons (Fsp3) is 0.923. The molecule has 96 valence electrons. The molecule has 0 aromatic heterocycles. The van der Waals surface area contributed by atoms with E-state index in [1.165, 1.54) is 32.1 Å². The number of ether oxygens (including phenoxy) is 1. The van der Waals surface area contributed by atoms with Gasteiger partial charge in [0.15, 0.2) is 0 Å². The third-order valence-corrected chi connectivity index (χ3v) is 2.73. The predicted molar refractivity (Wildman–Crippen MR) is 67.2 cm³/mol. The van der Waals surface area contributed by atoms with Gasteiger partial charge in [0, 0.05) is 0 Å². The van der Waals surface area contributed by atoms with E-state index in [0.717, 1.165) is 12.8 Å². The van der Waals surface area contributed by atoms with E-state index in [-0.39, 0.29) is 5.97 Å². The number of nitrogens with two attached hydrogens (primary N) is 1. The van der Waals surface area contributed by atoms with Gasteiger partial charge in [0.2, 0.25) is 0 Å².